The molecule has 0 atom stereocenters. The van der Waals surface area contributed by atoms with Gasteiger partial charge in [0.15, 0.2) is 5.16 Å². The molecule has 0 fully saturated rings. The zero-order valence-corrected chi connectivity index (χ0v) is 11.2. The quantitative estimate of drug-likeness (QED) is 0.852. The number of hydrogen-bond acceptors (Lipinski definition) is 4. The van der Waals surface area contributed by atoms with Gasteiger partial charge in [-0.2, -0.15) is 0 Å². The van der Waals surface area contributed by atoms with Crippen LogP contribution < -0.4 is 5.32 Å². The molecule has 0 saturated heterocycles. The lowest BCUT2D eigenvalue weighted by Gasteiger charge is -2.04. The second-order valence-electron chi connectivity index (χ2n) is 3.88. The van der Waals surface area contributed by atoms with Crippen molar-refractivity contribution in [2.75, 3.05) is 11.1 Å². The van der Waals surface area contributed by atoms with Gasteiger partial charge in [-0.05, 0) is 24.3 Å². The summed E-state index contributed by atoms with van der Waals surface area (Å²) in [5.74, 6) is 0.177. The number of benzene rings is 1. The molecule has 19 heavy (non-hydrogen) atoms. The molecule has 100 valence electrons. The van der Waals surface area contributed by atoms with Gasteiger partial charge in [0.05, 0.1) is 0 Å². The van der Waals surface area contributed by atoms with Crippen LogP contribution in [-0.4, -0.2) is 26.4 Å². The van der Waals surface area contributed by atoms with Crippen LogP contribution in [0.3, 0.4) is 0 Å². The standard InChI is InChI=1S/C12H13FN4OS/c1-17-8-14-16-12(17)19-7-6-11(18)15-10-4-2-9(13)3-5-10/h2-5,8H,6-7H2,1H3,(H,15,18). The number of thioether (sulfide) groups is 1. The fourth-order valence-corrected chi connectivity index (χ4v) is 2.22. The third-order valence-electron chi connectivity index (χ3n) is 2.36. The van der Waals surface area contributed by atoms with Crippen LogP contribution >= 0.6 is 11.8 Å². The first-order valence-electron chi connectivity index (χ1n) is 5.67. The lowest BCUT2D eigenvalue weighted by atomic mass is 10.3. The number of halogens is 1. The highest BCUT2D eigenvalue weighted by Crippen LogP contribution is 2.15. The summed E-state index contributed by atoms with van der Waals surface area (Å²) in [5.41, 5.74) is 0.593. The van der Waals surface area contributed by atoms with Gasteiger partial charge < -0.3 is 9.88 Å². The van der Waals surface area contributed by atoms with Gasteiger partial charge in [0.1, 0.15) is 12.1 Å². The topological polar surface area (TPSA) is 59.8 Å². The Labute approximate surface area is 114 Å². The Hall–Kier alpha value is -1.89. The number of carbonyl (C=O) groups excluding carboxylic acids is 1. The van der Waals surface area contributed by atoms with E-state index in [0.717, 1.165) is 5.16 Å². The van der Waals surface area contributed by atoms with Crippen LogP contribution in [0.15, 0.2) is 35.7 Å². The summed E-state index contributed by atoms with van der Waals surface area (Å²) in [6.07, 6.45) is 1.97. The number of nitrogens with zero attached hydrogens (tertiary/aromatic N) is 3. The van der Waals surface area contributed by atoms with Crippen molar-refractivity contribution in [3.63, 3.8) is 0 Å². The van der Waals surface area contributed by atoms with E-state index < -0.39 is 0 Å². The van der Waals surface area contributed by atoms with E-state index in [4.69, 9.17) is 0 Å². The Morgan fingerprint density at radius 3 is 2.79 bits per heavy atom. The van der Waals surface area contributed by atoms with Crippen LogP contribution in [0.25, 0.3) is 0 Å². The van der Waals surface area contributed by atoms with Gasteiger partial charge in [0, 0.05) is 24.9 Å². The van der Waals surface area contributed by atoms with Crippen molar-refractivity contribution in [1.82, 2.24) is 14.8 Å². The second-order valence-corrected chi connectivity index (χ2v) is 4.94. The molecule has 0 aliphatic carbocycles. The van der Waals surface area contributed by atoms with Crippen molar-refractivity contribution in [3.8, 4) is 0 Å². The fourth-order valence-electron chi connectivity index (χ4n) is 1.40. The predicted octanol–water partition coefficient (Wildman–Crippen LogP) is 2.08. The highest BCUT2D eigenvalue weighted by molar-refractivity contribution is 7.99. The fraction of sp³-hybridized carbons (Fsp3) is 0.250. The van der Waals surface area contributed by atoms with E-state index >= 15 is 0 Å². The summed E-state index contributed by atoms with van der Waals surface area (Å²) in [7, 11) is 1.85. The molecule has 2 rings (SSSR count). The number of aryl methyl sites for hydroxylation is 1. The van der Waals surface area contributed by atoms with Crippen LogP contribution in [0, 0.1) is 5.82 Å². The average molecular weight is 280 g/mol. The largest absolute Gasteiger partial charge is 0.326 e. The van der Waals surface area contributed by atoms with Crippen molar-refractivity contribution in [2.45, 2.75) is 11.6 Å². The summed E-state index contributed by atoms with van der Waals surface area (Å²) in [4.78, 5) is 11.6. The van der Waals surface area contributed by atoms with Crippen molar-refractivity contribution in [1.29, 1.82) is 0 Å². The van der Waals surface area contributed by atoms with E-state index in [1.807, 2.05) is 7.05 Å². The lowest BCUT2D eigenvalue weighted by Crippen LogP contribution is -2.12. The summed E-state index contributed by atoms with van der Waals surface area (Å²) in [5, 5.41) is 11.1. The summed E-state index contributed by atoms with van der Waals surface area (Å²) in [6.45, 7) is 0. The molecule has 0 bridgehead atoms. The van der Waals surface area contributed by atoms with Gasteiger partial charge in [0.2, 0.25) is 5.91 Å². The maximum atomic E-state index is 12.7. The molecule has 5 nitrogen and oxygen atoms in total. The number of amides is 1. The van der Waals surface area contributed by atoms with Crippen molar-refractivity contribution >= 4 is 23.4 Å². The molecule has 0 aliphatic rings. The Bertz CT molecular complexity index is 555. The van der Waals surface area contributed by atoms with Crippen LogP contribution in [0.2, 0.25) is 0 Å². The van der Waals surface area contributed by atoms with Gasteiger partial charge in [-0.25, -0.2) is 4.39 Å². The SMILES string of the molecule is Cn1cnnc1SCCC(=O)Nc1ccc(F)cc1. The molecule has 1 amide bonds. The molecular weight excluding hydrogens is 267 g/mol. The molecule has 1 aromatic heterocycles. The zero-order valence-electron chi connectivity index (χ0n) is 10.3. The summed E-state index contributed by atoms with van der Waals surface area (Å²) >= 11 is 1.46. The average Bonchev–Trinajstić information content (AvgIpc) is 2.78. The first kappa shape index (κ1) is 13.5. The van der Waals surface area contributed by atoms with Crippen LogP contribution in [0.5, 0.6) is 0 Å². The van der Waals surface area contributed by atoms with Gasteiger partial charge in [-0.3, -0.25) is 4.79 Å². The van der Waals surface area contributed by atoms with Crippen molar-refractivity contribution in [2.24, 2.45) is 7.05 Å². The van der Waals surface area contributed by atoms with Crippen molar-refractivity contribution in [3.05, 3.63) is 36.4 Å². The molecule has 0 aliphatic heterocycles. The maximum Gasteiger partial charge on any atom is 0.225 e. The Balaban J connectivity index is 1.76. The second kappa shape index (κ2) is 6.33. The van der Waals surface area contributed by atoms with Gasteiger partial charge >= 0.3 is 0 Å². The van der Waals surface area contributed by atoms with E-state index in [-0.39, 0.29) is 11.7 Å². The number of nitrogens with one attached hydrogen (secondary N) is 1. The minimum absolute atomic E-state index is 0.110. The molecular formula is C12H13FN4OS. The normalized spacial score (nSPS) is 10.4. The smallest absolute Gasteiger partial charge is 0.225 e. The van der Waals surface area contributed by atoms with Crippen LogP contribution in [0.4, 0.5) is 10.1 Å². The molecule has 0 saturated carbocycles. The lowest BCUT2D eigenvalue weighted by molar-refractivity contribution is -0.115. The minimum atomic E-state index is -0.323. The van der Waals surface area contributed by atoms with E-state index in [0.29, 0.717) is 17.9 Å². The third kappa shape index (κ3) is 4.06. The Kier molecular flexibility index (Phi) is 4.51. The molecule has 2 aromatic rings. The number of hydrogen-bond donors (Lipinski definition) is 1. The van der Waals surface area contributed by atoms with E-state index in [9.17, 15) is 9.18 Å². The van der Waals surface area contributed by atoms with Crippen LogP contribution in [-0.2, 0) is 11.8 Å². The number of carbonyl (C=O) groups is 1. The summed E-state index contributed by atoms with van der Waals surface area (Å²) < 4.78 is 14.5. The van der Waals surface area contributed by atoms with E-state index in [2.05, 4.69) is 15.5 Å². The highest BCUT2D eigenvalue weighted by atomic mass is 32.2. The zero-order chi connectivity index (χ0) is 13.7. The molecule has 0 radical (unpaired) electrons. The third-order valence-corrected chi connectivity index (χ3v) is 3.39. The Morgan fingerprint density at radius 2 is 2.16 bits per heavy atom. The summed E-state index contributed by atoms with van der Waals surface area (Å²) in [6, 6.07) is 5.68. The molecule has 7 heteroatoms. The molecule has 0 unspecified atom stereocenters. The van der Waals surface area contributed by atoms with E-state index in [1.165, 1.54) is 36.0 Å². The first-order valence-corrected chi connectivity index (χ1v) is 6.66. The van der Waals surface area contributed by atoms with Crippen LogP contribution in [0.1, 0.15) is 6.42 Å². The first-order chi connectivity index (χ1) is 9.15. The predicted molar refractivity (Wildman–Crippen MR) is 71.4 cm³/mol. The number of rotatable bonds is 5. The molecule has 1 aromatic carbocycles. The molecule has 1 heterocycles. The van der Waals surface area contributed by atoms with Gasteiger partial charge in [0.25, 0.3) is 0 Å². The maximum absolute atomic E-state index is 12.7. The highest BCUT2D eigenvalue weighted by Gasteiger charge is 2.05. The Morgan fingerprint density at radius 1 is 1.42 bits per heavy atom. The molecule has 1 N–H and O–H groups in total. The number of aromatic nitrogens is 3. The van der Waals surface area contributed by atoms with Gasteiger partial charge in [-0.1, -0.05) is 11.8 Å². The minimum Gasteiger partial charge on any atom is -0.326 e. The van der Waals surface area contributed by atoms with E-state index in [1.54, 1.807) is 10.9 Å². The van der Waals surface area contributed by atoms with Crippen molar-refractivity contribution < 1.29 is 9.18 Å². The van der Waals surface area contributed by atoms with Gasteiger partial charge in [-0.15, -0.1) is 10.2 Å². The monoisotopic (exact) mass is 280 g/mol. The number of anilines is 1. The molecule has 0 spiro atoms.